The minimum atomic E-state index is -4.75. The number of nitro groups is 1. The Labute approximate surface area is 406 Å². The van der Waals surface area contributed by atoms with Crippen molar-refractivity contribution in [3.05, 3.63) is 99.5 Å². The molecule has 370 valence electrons. The zero-order valence-corrected chi connectivity index (χ0v) is 40.4. The Hall–Kier alpha value is -5.98. The van der Waals surface area contributed by atoms with E-state index in [2.05, 4.69) is 54.1 Å². The van der Waals surface area contributed by atoms with Gasteiger partial charge in [0.1, 0.15) is 23.8 Å². The number of fused-ring (bicyclic) bond motifs is 2. The molecule has 6 aliphatic rings. The summed E-state index contributed by atoms with van der Waals surface area (Å²) in [5.41, 5.74) is 2.91. The first-order valence-corrected chi connectivity index (χ1v) is 26.4. The van der Waals surface area contributed by atoms with Crippen LogP contribution in [-0.4, -0.2) is 89.8 Å². The number of aliphatic hydroxyl groups is 1. The van der Waals surface area contributed by atoms with Crippen LogP contribution in [0.2, 0.25) is 0 Å². The molecular weight excluding hydrogens is 918 g/mol. The van der Waals surface area contributed by atoms with Gasteiger partial charge in [0, 0.05) is 61.3 Å². The number of nitrogens with one attached hydrogen (secondary N) is 3. The maximum absolute atomic E-state index is 14.9. The first-order chi connectivity index (χ1) is 33.7. The van der Waals surface area contributed by atoms with Crippen LogP contribution in [0.15, 0.2) is 71.8 Å². The molecule has 2 atom stereocenters. The number of nitrogens with zero attached hydrogens (tertiary/aromatic N) is 4. The van der Waals surface area contributed by atoms with Gasteiger partial charge in [-0.2, -0.15) is 4.98 Å². The van der Waals surface area contributed by atoms with Gasteiger partial charge in [0.05, 0.1) is 39.0 Å². The molecule has 3 saturated carbocycles. The number of hydrogen-bond donors (Lipinski definition) is 4. The van der Waals surface area contributed by atoms with E-state index >= 15 is 0 Å². The molecule has 3 aromatic carbocycles. The number of anilines is 2. The number of ether oxygens (including phenoxy) is 3. The van der Waals surface area contributed by atoms with Crippen LogP contribution in [0.25, 0.3) is 11.0 Å². The molecule has 70 heavy (non-hydrogen) atoms. The van der Waals surface area contributed by atoms with E-state index < -0.39 is 42.9 Å². The van der Waals surface area contributed by atoms with Gasteiger partial charge in [-0.25, -0.2) is 17.5 Å². The molecule has 5 heterocycles. The Bertz CT molecular complexity index is 2950. The van der Waals surface area contributed by atoms with E-state index in [9.17, 15) is 32.8 Å². The van der Waals surface area contributed by atoms with Crippen molar-refractivity contribution in [2.75, 3.05) is 43.1 Å². The van der Waals surface area contributed by atoms with Crippen molar-refractivity contribution < 1.29 is 41.8 Å². The number of likely N-dealkylation sites (tertiary alicyclic amines) is 1. The Morgan fingerprint density at radius 2 is 1.76 bits per heavy atom. The number of hydrogen-bond acceptors (Lipinski definition) is 13. The third kappa shape index (κ3) is 8.91. The molecule has 0 radical (unpaired) electrons. The fraction of sp³-hybridized carbons (Fsp3) is 0.500. The number of aromatic amines is 1. The standard InChI is InChI=1S/C52H60FN7O9S/c1-3-67-50-46(26-39-40(53)29-54-48(39)56-50)69-44-23-33(58-21-18-52(19-22-58)27-34(28-52)59-20-6-9-42(59)37-8-5-4-7-36(37)31-10-11-31)12-13-38(44)49(61)57-70(65,66)35-24-43(60(63)64)47-45(25-35)68-30-41(55-47)32-14-16-51(2,62)17-15-32/h4-5,7-8,12-13,23-26,29,31-32,34,41-42,55,62H,3,6,9-11,14-22,27-28,30H2,1-2H3,(H,54,56)(H,57,61)/t32?,41-,42+,51?/m1/s1. The van der Waals surface area contributed by atoms with Crippen LogP contribution in [-0.2, 0) is 10.0 Å². The first-order valence-electron chi connectivity index (χ1n) is 24.9. The summed E-state index contributed by atoms with van der Waals surface area (Å²) in [4.78, 5) is 37.7. The molecule has 3 aliphatic heterocycles. The Balaban J connectivity index is 0.833. The Kier molecular flexibility index (Phi) is 11.9. The zero-order valence-electron chi connectivity index (χ0n) is 39.5. The second-order valence-electron chi connectivity index (χ2n) is 20.8. The van der Waals surface area contributed by atoms with E-state index in [4.69, 9.17) is 14.2 Å². The lowest BCUT2D eigenvalue weighted by Crippen LogP contribution is -2.54. The average Bonchev–Trinajstić information content (AvgIpc) is 3.97. The molecule has 16 nitrogen and oxygen atoms in total. The van der Waals surface area contributed by atoms with Crippen LogP contribution in [0.3, 0.4) is 0 Å². The van der Waals surface area contributed by atoms with Crippen LogP contribution in [0, 0.1) is 27.3 Å². The first kappa shape index (κ1) is 46.4. The van der Waals surface area contributed by atoms with E-state index in [0.29, 0.717) is 43.7 Å². The highest BCUT2D eigenvalue weighted by Gasteiger charge is 2.50. The minimum absolute atomic E-state index is 0.00635. The molecule has 3 aliphatic carbocycles. The third-order valence-corrected chi connectivity index (χ3v) is 17.4. The molecule has 0 unspecified atom stereocenters. The zero-order chi connectivity index (χ0) is 48.5. The predicted molar refractivity (Wildman–Crippen MR) is 261 cm³/mol. The van der Waals surface area contributed by atoms with Crippen molar-refractivity contribution in [3.8, 4) is 23.1 Å². The van der Waals surface area contributed by atoms with Gasteiger partial charge in [0.2, 0.25) is 0 Å². The highest BCUT2D eigenvalue weighted by molar-refractivity contribution is 7.90. The summed E-state index contributed by atoms with van der Waals surface area (Å²) in [6, 6.07) is 18.3. The molecule has 5 fully saturated rings. The summed E-state index contributed by atoms with van der Waals surface area (Å²) in [5, 5.41) is 26.3. The van der Waals surface area contributed by atoms with Crippen molar-refractivity contribution in [2.24, 2.45) is 11.3 Å². The Morgan fingerprint density at radius 3 is 2.49 bits per heavy atom. The molecule has 5 aromatic rings. The lowest BCUT2D eigenvalue weighted by molar-refractivity contribution is -0.384. The number of rotatable bonds is 13. The maximum Gasteiger partial charge on any atom is 0.297 e. The number of sulfonamides is 1. The molecular formula is C52H60FN7O9S. The summed E-state index contributed by atoms with van der Waals surface area (Å²) in [7, 11) is -4.75. The summed E-state index contributed by atoms with van der Waals surface area (Å²) >= 11 is 0. The van der Waals surface area contributed by atoms with Crippen LogP contribution >= 0.6 is 0 Å². The van der Waals surface area contributed by atoms with Crippen molar-refractivity contribution >= 4 is 44.0 Å². The average molecular weight is 978 g/mol. The summed E-state index contributed by atoms with van der Waals surface area (Å²) in [6.45, 7) is 6.55. The smallest absolute Gasteiger partial charge is 0.297 e. The minimum Gasteiger partial charge on any atom is -0.489 e. The van der Waals surface area contributed by atoms with Gasteiger partial charge in [-0.05, 0) is 138 Å². The maximum atomic E-state index is 14.9. The van der Waals surface area contributed by atoms with Gasteiger partial charge in [-0.15, -0.1) is 0 Å². The number of carbonyl (C=O) groups excluding carboxylic acids is 1. The normalized spacial score (nSPS) is 24.6. The number of H-pyrrole nitrogens is 1. The van der Waals surface area contributed by atoms with Crippen molar-refractivity contribution in [1.82, 2.24) is 19.6 Å². The number of aromatic nitrogens is 2. The van der Waals surface area contributed by atoms with E-state index in [1.807, 2.05) is 0 Å². The number of benzene rings is 3. The molecule has 1 spiro atoms. The fourth-order valence-electron chi connectivity index (χ4n) is 12.0. The van der Waals surface area contributed by atoms with E-state index in [1.54, 1.807) is 31.5 Å². The van der Waals surface area contributed by atoms with Crippen LogP contribution in [0.1, 0.15) is 124 Å². The van der Waals surface area contributed by atoms with E-state index in [-0.39, 0.29) is 76.0 Å². The van der Waals surface area contributed by atoms with Crippen molar-refractivity contribution in [3.63, 3.8) is 0 Å². The SMILES string of the molecule is CCOc1nc2[nH]cc(F)c2cc1Oc1cc(N2CCC3(CC2)CC(N2CCC[C@H]2c2ccccc2C2CC2)C3)ccc1C(=O)NS(=O)(=O)c1cc2c(c([N+](=O)[O-])c1)N[C@@H](C1CCC(C)(O)CC1)CO2. The molecule has 11 rings (SSSR count). The number of nitro benzene ring substituents is 1. The summed E-state index contributed by atoms with van der Waals surface area (Å²) in [6.07, 6.45) is 13.0. The van der Waals surface area contributed by atoms with Crippen molar-refractivity contribution in [2.45, 2.75) is 125 Å². The van der Waals surface area contributed by atoms with Gasteiger partial charge < -0.3 is 34.5 Å². The lowest BCUT2D eigenvalue weighted by Gasteiger charge is -2.56. The Morgan fingerprint density at radius 1 is 1.00 bits per heavy atom. The van der Waals surface area contributed by atoms with Crippen LogP contribution in [0.4, 0.5) is 21.5 Å². The summed E-state index contributed by atoms with van der Waals surface area (Å²) in [5.74, 6) is -0.864. The third-order valence-electron chi connectivity index (χ3n) is 16.1. The molecule has 1 amide bonds. The largest absolute Gasteiger partial charge is 0.489 e. The number of amides is 1. The highest BCUT2D eigenvalue weighted by atomic mass is 32.2. The van der Waals surface area contributed by atoms with Gasteiger partial charge in [0.25, 0.3) is 27.5 Å². The quantitative estimate of drug-likeness (QED) is 0.0643. The van der Waals surface area contributed by atoms with Gasteiger partial charge in [-0.1, -0.05) is 24.3 Å². The number of pyridine rings is 1. The number of carbonyl (C=O) groups is 1. The second kappa shape index (κ2) is 18.0. The van der Waals surface area contributed by atoms with Gasteiger partial charge in [-0.3, -0.25) is 19.8 Å². The van der Waals surface area contributed by atoms with Crippen molar-refractivity contribution in [1.29, 1.82) is 0 Å². The predicted octanol–water partition coefficient (Wildman–Crippen LogP) is 9.50. The van der Waals surface area contributed by atoms with E-state index in [0.717, 1.165) is 57.1 Å². The molecule has 2 saturated heterocycles. The van der Waals surface area contributed by atoms with Crippen LogP contribution in [0.5, 0.6) is 23.1 Å². The topological polar surface area (TPSA) is 201 Å². The van der Waals surface area contributed by atoms with E-state index in [1.165, 1.54) is 55.6 Å². The van der Waals surface area contributed by atoms with Gasteiger partial charge >= 0.3 is 0 Å². The highest BCUT2D eigenvalue weighted by Crippen LogP contribution is 2.55. The molecule has 4 N–H and O–H groups in total. The lowest BCUT2D eigenvalue weighted by atomic mass is 9.59. The number of piperidine rings is 1. The second-order valence-corrected chi connectivity index (χ2v) is 22.5. The van der Waals surface area contributed by atoms with Gasteiger partial charge in [0.15, 0.2) is 17.2 Å². The summed E-state index contributed by atoms with van der Waals surface area (Å²) < 4.78 is 63.4. The molecule has 18 heteroatoms. The van der Waals surface area contributed by atoms with Crippen LogP contribution < -0.4 is 29.1 Å². The molecule has 2 aromatic heterocycles. The number of halogens is 1. The fourth-order valence-corrected chi connectivity index (χ4v) is 13.0. The molecule has 0 bridgehead atoms. The monoisotopic (exact) mass is 977 g/mol.